The number of imide groups is 1. The lowest BCUT2D eigenvalue weighted by molar-refractivity contribution is -0.137. The van der Waals surface area contributed by atoms with Gasteiger partial charge in [-0.15, -0.1) is 0 Å². The second kappa shape index (κ2) is 4.72. The molecule has 1 aromatic rings. The highest BCUT2D eigenvalue weighted by Gasteiger charge is 2.27. The number of halogens is 1. The number of carbonyl (C=O) groups is 2. The minimum absolute atomic E-state index is 0.236. The molecule has 2 rings (SSSR count). The molecule has 1 aliphatic rings. The van der Waals surface area contributed by atoms with Crippen LogP contribution < -0.4 is 0 Å². The van der Waals surface area contributed by atoms with Crippen LogP contribution in [-0.4, -0.2) is 23.3 Å². The molecule has 94 valence electrons. The molecule has 0 saturated heterocycles. The minimum atomic E-state index is -0.276. The summed E-state index contributed by atoms with van der Waals surface area (Å²) in [4.78, 5) is 24.4. The van der Waals surface area contributed by atoms with Crippen molar-refractivity contribution in [1.29, 1.82) is 0 Å². The average molecular weight is 247 g/mol. The number of benzene rings is 1. The SMILES string of the molecule is CC1=CC(=O)N(CCc2ccc(F)cc2C)C1=O. The average Bonchev–Trinajstić information content (AvgIpc) is 2.53. The quantitative estimate of drug-likeness (QED) is 0.766. The Morgan fingerprint density at radius 3 is 2.50 bits per heavy atom. The molecule has 0 spiro atoms. The zero-order valence-electron chi connectivity index (χ0n) is 10.4. The largest absolute Gasteiger partial charge is 0.275 e. The Bertz CT molecular complexity index is 549. The van der Waals surface area contributed by atoms with Crippen molar-refractivity contribution in [2.24, 2.45) is 0 Å². The number of amides is 2. The van der Waals surface area contributed by atoms with Crippen molar-refractivity contribution in [2.75, 3.05) is 6.54 Å². The first-order valence-corrected chi connectivity index (χ1v) is 5.78. The highest BCUT2D eigenvalue weighted by atomic mass is 19.1. The summed E-state index contributed by atoms with van der Waals surface area (Å²) in [5, 5.41) is 0. The zero-order valence-corrected chi connectivity index (χ0v) is 10.4. The van der Waals surface area contributed by atoms with Gasteiger partial charge < -0.3 is 0 Å². The molecule has 1 aromatic carbocycles. The Hall–Kier alpha value is -1.97. The first-order valence-electron chi connectivity index (χ1n) is 5.78. The molecule has 0 radical (unpaired) electrons. The van der Waals surface area contributed by atoms with E-state index in [4.69, 9.17) is 0 Å². The van der Waals surface area contributed by atoms with Crippen LogP contribution in [0.15, 0.2) is 29.8 Å². The first-order chi connectivity index (χ1) is 8.49. The van der Waals surface area contributed by atoms with E-state index in [-0.39, 0.29) is 17.6 Å². The van der Waals surface area contributed by atoms with E-state index >= 15 is 0 Å². The molecule has 0 fully saturated rings. The van der Waals surface area contributed by atoms with Crippen molar-refractivity contribution in [3.63, 3.8) is 0 Å². The van der Waals surface area contributed by atoms with Crippen molar-refractivity contribution >= 4 is 11.8 Å². The van der Waals surface area contributed by atoms with E-state index < -0.39 is 0 Å². The van der Waals surface area contributed by atoms with Crippen LogP contribution in [0.1, 0.15) is 18.1 Å². The molecule has 0 aromatic heterocycles. The van der Waals surface area contributed by atoms with E-state index in [0.29, 0.717) is 18.5 Å². The molecule has 0 N–H and O–H groups in total. The fourth-order valence-electron chi connectivity index (χ4n) is 2.02. The maximum Gasteiger partial charge on any atom is 0.256 e. The lowest BCUT2D eigenvalue weighted by Crippen LogP contribution is -2.32. The van der Waals surface area contributed by atoms with Gasteiger partial charge in [0.15, 0.2) is 0 Å². The zero-order chi connectivity index (χ0) is 13.3. The van der Waals surface area contributed by atoms with Gasteiger partial charge in [0.1, 0.15) is 5.82 Å². The predicted molar refractivity (Wildman–Crippen MR) is 65.3 cm³/mol. The second-order valence-electron chi connectivity index (χ2n) is 4.44. The van der Waals surface area contributed by atoms with Gasteiger partial charge >= 0.3 is 0 Å². The Balaban J connectivity index is 2.05. The molecule has 0 atom stereocenters. The van der Waals surface area contributed by atoms with Crippen LogP contribution in [0.5, 0.6) is 0 Å². The molecule has 0 saturated carbocycles. The number of aryl methyl sites for hydroxylation is 1. The maximum atomic E-state index is 12.9. The van der Waals surface area contributed by atoms with Gasteiger partial charge in [0.05, 0.1) is 0 Å². The van der Waals surface area contributed by atoms with Gasteiger partial charge in [0.25, 0.3) is 11.8 Å². The number of hydrogen-bond donors (Lipinski definition) is 0. The van der Waals surface area contributed by atoms with Crippen molar-refractivity contribution in [3.05, 3.63) is 46.8 Å². The molecule has 1 aliphatic heterocycles. The van der Waals surface area contributed by atoms with Gasteiger partial charge in [-0.1, -0.05) is 6.07 Å². The highest BCUT2D eigenvalue weighted by molar-refractivity contribution is 6.15. The van der Waals surface area contributed by atoms with Gasteiger partial charge in [0.2, 0.25) is 0 Å². The Morgan fingerprint density at radius 2 is 1.94 bits per heavy atom. The molecule has 3 nitrogen and oxygen atoms in total. The van der Waals surface area contributed by atoms with E-state index in [1.165, 1.54) is 23.1 Å². The molecule has 0 bridgehead atoms. The molecule has 4 heteroatoms. The summed E-state index contributed by atoms with van der Waals surface area (Å²) in [6.07, 6.45) is 1.89. The van der Waals surface area contributed by atoms with Crippen LogP contribution in [-0.2, 0) is 16.0 Å². The maximum absolute atomic E-state index is 12.9. The summed E-state index contributed by atoms with van der Waals surface area (Å²) < 4.78 is 12.9. The molecular formula is C14H14FNO2. The topological polar surface area (TPSA) is 37.4 Å². The fourth-order valence-corrected chi connectivity index (χ4v) is 2.02. The van der Waals surface area contributed by atoms with Crippen LogP contribution in [0.25, 0.3) is 0 Å². The molecule has 18 heavy (non-hydrogen) atoms. The Morgan fingerprint density at radius 1 is 1.22 bits per heavy atom. The lowest BCUT2D eigenvalue weighted by Gasteiger charge is -2.15. The van der Waals surface area contributed by atoms with Crippen LogP contribution in [0, 0.1) is 12.7 Å². The standard InChI is InChI=1S/C14H14FNO2/c1-9-7-12(15)4-3-11(9)5-6-16-13(17)8-10(2)14(16)18/h3-4,7-8H,5-6H2,1-2H3. The summed E-state index contributed by atoms with van der Waals surface area (Å²) in [5.41, 5.74) is 2.25. The molecule has 2 amide bonds. The smallest absolute Gasteiger partial charge is 0.256 e. The predicted octanol–water partition coefficient (Wildman–Crippen LogP) is 1.99. The summed E-state index contributed by atoms with van der Waals surface area (Å²) >= 11 is 0. The number of hydrogen-bond acceptors (Lipinski definition) is 2. The van der Waals surface area contributed by atoms with Crippen LogP contribution in [0.2, 0.25) is 0 Å². The lowest BCUT2D eigenvalue weighted by atomic mass is 10.1. The van der Waals surface area contributed by atoms with Crippen molar-refractivity contribution in [2.45, 2.75) is 20.3 Å². The van der Waals surface area contributed by atoms with Crippen LogP contribution in [0.3, 0.4) is 0 Å². The van der Waals surface area contributed by atoms with E-state index in [0.717, 1.165) is 11.1 Å². The Kier molecular flexibility index (Phi) is 3.28. The summed E-state index contributed by atoms with van der Waals surface area (Å²) in [5.74, 6) is -0.779. The summed E-state index contributed by atoms with van der Waals surface area (Å²) in [6.45, 7) is 3.77. The van der Waals surface area contributed by atoms with Crippen molar-refractivity contribution in [1.82, 2.24) is 4.90 Å². The molecule has 0 unspecified atom stereocenters. The second-order valence-corrected chi connectivity index (χ2v) is 4.44. The minimum Gasteiger partial charge on any atom is -0.275 e. The van der Waals surface area contributed by atoms with E-state index in [2.05, 4.69) is 0 Å². The van der Waals surface area contributed by atoms with Gasteiger partial charge in [-0.3, -0.25) is 14.5 Å². The van der Waals surface area contributed by atoms with Crippen LogP contribution in [0.4, 0.5) is 4.39 Å². The molecular weight excluding hydrogens is 233 g/mol. The molecule has 1 heterocycles. The number of nitrogens with zero attached hydrogens (tertiary/aromatic N) is 1. The summed E-state index contributed by atoms with van der Waals surface area (Å²) in [7, 11) is 0. The Labute approximate surface area is 105 Å². The van der Waals surface area contributed by atoms with Gasteiger partial charge in [-0.2, -0.15) is 0 Å². The van der Waals surface area contributed by atoms with E-state index in [9.17, 15) is 14.0 Å². The monoisotopic (exact) mass is 247 g/mol. The molecule has 0 aliphatic carbocycles. The fraction of sp³-hybridized carbons (Fsp3) is 0.286. The number of carbonyl (C=O) groups excluding carboxylic acids is 2. The third-order valence-corrected chi connectivity index (χ3v) is 3.10. The van der Waals surface area contributed by atoms with E-state index in [1.807, 2.05) is 6.92 Å². The number of rotatable bonds is 3. The third-order valence-electron chi connectivity index (χ3n) is 3.10. The van der Waals surface area contributed by atoms with Gasteiger partial charge in [0, 0.05) is 18.2 Å². The van der Waals surface area contributed by atoms with Crippen LogP contribution >= 0.6 is 0 Å². The van der Waals surface area contributed by atoms with Gasteiger partial charge in [-0.05, 0) is 43.5 Å². The normalized spacial score (nSPS) is 15.3. The van der Waals surface area contributed by atoms with E-state index in [1.54, 1.807) is 13.0 Å². The first kappa shape index (κ1) is 12.5. The highest BCUT2D eigenvalue weighted by Crippen LogP contribution is 2.15. The van der Waals surface area contributed by atoms with Crippen molar-refractivity contribution in [3.8, 4) is 0 Å². The summed E-state index contributed by atoms with van der Waals surface area (Å²) in [6, 6.07) is 4.53. The van der Waals surface area contributed by atoms with Crippen molar-refractivity contribution < 1.29 is 14.0 Å². The third kappa shape index (κ3) is 2.32. The van der Waals surface area contributed by atoms with Gasteiger partial charge in [-0.25, -0.2) is 4.39 Å².